The largest absolute Gasteiger partial charge is 0.506 e. The normalized spacial score (nSPS) is 22.8. The number of esters is 1. The molecule has 9 heteroatoms. The fourth-order valence-corrected chi connectivity index (χ4v) is 3.84. The van der Waals surface area contributed by atoms with Gasteiger partial charge in [0.15, 0.2) is 5.78 Å². The van der Waals surface area contributed by atoms with Crippen LogP contribution in [0.15, 0.2) is 17.7 Å². The van der Waals surface area contributed by atoms with Crippen LogP contribution in [0.2, 0.25) is 0 Å². The fourth-order valence-electron chi connectivity index (χ4n) is 3.84. The van der Waals surface area contributed by atoms with E-state index in [1.807, 2.05) is 6.92 Å². The minimum atomic E-state index is -1.95. The molecule has 1 fully saturated rings. The van der Waals surface area contributed by atoms with Gasteiger partial charge in [-0.05, 0) is 31.0 Å². The summed E-state index contributed by atoms with van der Waals surface area (Å²) in [7, 11) is 4.18. The number of ketones is 1. The molecule has 1 aliphatic carbocycles. The fraction of sp³-hybridized carbons (Fsp3) is 0.524. The molecule has 0 spiro atoms. The molecule has 0 amide bonds. The number of aliphatic hydroxyl groups is 1. The summed E-state index contributed by atoms with van der Waals surface area (Å²) < 4.78 is 32.6. The Balaban J connectivity index is 2.09. The summed E-state index contributed by atoms with van der Waals surface area (Å²) in [6.07, 6.45) is -0.660. The minimum absolute atomic E-state index is 0.0632. The zero-order chi connectivity index (χ0) is 21.9. The molecule has 2 aliphatic rings. The Kier molecular flexibility index (Phi) is 6.64. The zero-order valence-corrected chi connectivity index (χ0v) is 17.5. The van der Waals surface area contributed by atoms with Crippen molar-refractivity contribution >= 4 is 17.5 Å². The predicted molar refractivity (Wildman–Crippen MR) is 104 cm³/mol. The van der Waals surface area contributed by atoms with Gasteiger partial charge in [0.1, 0.15) is 35.7 Å². The molecule has 1 aromatic carbocycles. The number of carbonyl (C=O) groups excluding carboxylic acids is 2. The number of aryl methyl sites for hydroxylation is 1. The van der Waals surface area contributed by atoms with Crippen molar-refractivity contribution in [3.05, 3.63) is 28.8 Å². The molecule has 0 saturated heterocycles. The second kappa shape index (κ2) is 9.03. The van der Waals surface area contributed by atoms with E-state index in [1.54, 1.807) is 19.2 Å². The SMILES string of the molecule is COCCOCO[C@H]1CCC(=O)C2=C(O)c3c(OC)cc(C)cc3O[C@]21C(=O)OC. The first-order valence-electron chi connectivity index (χ1n) is 9.52. The maximum Gasteiger partial charge on any atom is 0.358 e. The second-order valence-corrected chi connectivity index (χ2v) is 7.03. The second-order valence-electron chi connectivity index (χ2n) is 7.03. The molecule has 0 aromatic heterocycles. The van der Waals surface area contributed by atoms with Crippen LogP contribution in [-0.4, -0.2) is 69.9 Å². The third-order valence-corrected chi connectivity index (χ3v) is 5.19. The molecule has 0 bridgehead atoms. The summed E-state index contributed by atoms with van der Waals surface area (Å²) >= 11 is 0. The Morgan fingerprint density at radius 3 is 2.70 bits per heavy atom. The highest BCUT2D eigenvalue weighted by atomic mass is 16.7. The van der Waals surface area contributed by atoms with Crippen molar-refractivity contribution < 1.29 is 43.1 Å². The van der Waals surface area contributed by atoms with E-state index in [2.05, 4.69) is 0 Å². The third-order valence-electron chi connectivity index (χ3n) is 5.19. The Labute approximate surface area is 174 Å². The Morgan fingerprint density at radius 2 is 2.03 bits per heavy atom. The van der Waals surface area contributed by atoms with E-state index < -0.39 is 23.5 Å². The van der Waals surface area contributed by atoms with Gasteiger partial charge in [-0.1, -0.05) is 0 Å². The number of Topliss-reactive ketones (excluding diaryl/α,β-unsaturated/α-hetero) is 1. The average Bonchev–Trinajstić information content (AvgIpc) is 2.73. The molecular weight excluding hydrogens is 396 g/mol. The molecule has 1 N–H and O–H groups in total. The zero-order valence-electron chi connectivity index (χ0n) is 17.5. The average molecular weight is 422 g/mol. The maximum absolute atomic E-state index is 13.0. The van der Waals surface area contributed by atoms with Crippen molar-refractivity contribution in [3.8, 4) is 11.5 Å². The van der Waals surface area contributed by atoms with Crippen molar-refractivity contribution in [2.24, 2.45) is 0 Å². The van der Waals surface area contributed by atoms with Crippen LogP contribution in [-0.2, 0) is 28.5 Å². The van der Waals surface area contributed by atoms with Gasteiger partial charge in [0.25, 0.3) is 5.60 Å². The van der Waals surface area contributed by atoms with Gasteiger partial charge in [0.05, 0.1) is 33.0 Å². The van der Waals surface area contributed by atoms with Gasteiger partial charge in [0, 0.05) is 13.5 Å². The number of benzene rings is 1. The molecule has 164 valence electrons. The van der Waals surface area contributed by atoms with Crippen molar-refractivity contribution in [2.45, 2.75) is 31.5 Å². The van der Waals surface area contributed by atoms with Gasteiger partial charge < -0.3 is 33.5 Å². The number of hydrogen-bond donors (Lipinski definition) is 1. The van der Waals surface area contributed by atoms with Gasteiger partial charge in [0.2, 0.25) is 0 Å². The first kappa shape index (κ1) is 22.1. The van der Waals surface area contributed by atoms with E-state index >= 15 is 0 Å². The van der Waals surface area contributed by atoms with E-state index in [4.69, 9.17) is 28.4 Å². The number of rotatable bonds is 8. The molecule has 3 rings (SSSR count). The molecule has 1 saturated carbocycles. The van der Waals surface area contributed by atoms with Crippen LogP contribution in [0.1, 0.15) is 24.0 Å². The van der Waals surface area contributed by atoms with Crippen LogP contribution < -0.4 is 9.47 Å². The van der Waals surface area contributed by atoms with Crippen LogP contribution in [0.4, 0.5) is 0 Å². The summed E-state index contributed by atoms with van der Waals surface area (Å²) in [5.74, 6) is -1.12. The Morgan fingerprint density at radius 1 is 1.27 bits per heavy atom. The summed E-state index contributed by atoms with van der Waals surface area (Å²) in [4.78, 5) is 25.8. The standard InChI is InChI=1S/C21H26O9/c1-12-9-14(26-3)17-15(10-12)30-21(20(24)27-4)16(29-11-28-8-7-25-2)6-5-13(22)18(21)19(17)23/h9-10,16,23H,5-8,11H2,1-4H3/t16-,21-/m0/s1. The summed E-state index contributed by atoms with van der Waals surface area (Å²) in [6, 6.07) is 3.36. The molecule has 1 heterocycles. The van der Waals surface area contributed by atoms with Crippen LogP contribution in [0.25, 0.3) is 5.76 Å². The molecule has 2 atom stereocenters. The third kappa shape index (κ3) is 3.64. The lowest BCUT2D eigenvalue weighted by Gasteiger charge is -2.44. The predicted octanol–water partition coefficient (Wildman–Crippen LogP) is 1.95. The van der Waals surface area contributed by atoms with Crippen LogP contribution in [0, 0.1) is 6.92 Å². The number of hydrogen-bond acceptors (Lipinski definition) is 9. The smallest absolute Gasteiger partial charge is 0.358 e. The lowest BCUT2D eigenvalue weighted by Crippen LogP contribution is -2.62. The van der Waals surface area contributed by atoms with Crippen molar-refractivity contribution in [1.82, 2.24) is 0 Å². The maximum atomic E-state index is 13.0. The van der Waals surface area contributed by atoms with Crippen molar-refractivity contribution in [1.29, 1.82) is 0 Å². The summed E-state index contributed by atoms with van der Waals surface area (Å²) in [5.41, 5.74) is -1.16. The van der Waals surface area contributed by atoms with E-state index in [1.165, 1.54) is 14.2 Å². The van der Waals surface area contributed by atoms with Crippen LogP contribution in [0.5, 0.6) is 11.5 Å². The lowest BCUT2D eigenvalue weighted by atomic mass is 9.73. The minimum Gasteiger partial charge on any atom is -0.506 e. The molecule has 30 heavy (non-hydrogen) atoms. The molecule has 1 aliphatic heterocycles. The Bertz CT molecular complexity index is 860. The first-order chi connectivity index (χ1) is 14.4. The van der Waals surface area contributed by atoms with Gasteiger partial charge >= 0.3 is 5.97 Å². The van der Waals surface area contributed by atoms with Gasteiger partial charge in [-0.15, -0.1) is 0 Å². The van der Waals surface area contributed by atoms with Gasteiger partial charge in [-0.25, -0.2) is 4.79 Å². The number of fused-ring (bicyclic) bond motifs is 2. The van der Waals surface area contributed by atoms with Crippen molar-refractivity contribution in [2.75, 3.05) is 41.3 Å². The van der Waals surface area contributed by atoms with Crippen LogP contribution in [0.3, 0.4) is 0 Å². The summed E-state index contributed by atoms with van der Waals surface area (Å²) in [5, 5.41) is 11.1. The molecule has 1 aromatic rings. The van der Waals surface area contributed by atoms with Gasteiger partial charge in [-0.3, -0.25) is 4.79 Å². The quantitative estimate of drug-likeness (QED) is 0.382. The summed E-state index contributed by atoms with van der Waals surface area (Å²) in [6.45, 7) is 2.34. The van der Waals surface area contributed by atoms with E-state index in [-0.39, 0.29) is 42.3 Å². The number of ether oxygens (including phenoxy) is 6. The van der Waals surface area contributed by atoms with E-state index in [0.717, 1.165) is 5.56 Å². The highest BCUT2D eigenvalue weighted by Gasteiger charge is 2.62. The number of carbonyl (C=O) groups is 2. The lowest BCUT2D eigenvalue weighted by molar-refractivity contribution is -0.187. The topological polar surface area (TPSA) is 110 Å². The molecular formula is C21H26O9. The highest BCUT2D eigenvalue weighted by Crippen LogP contribution is 2.50. The molecule has 0 unspecified atom stereocenters. The number of methoxy groups -OCH3 is 3. The van der Waals surface area contributed by atoms with Crippen LogP contribution >= 0.6 is 0 Å². The molecule has 9 nitrogen and oxygen atoms in total. The van der Waals surface area contributed by atoms with Crippen molar-refractivity contribution in [3.63, 3.8) is 0 Å². The van der Waals surface area contributed by atoms with E-state index in [0.29, 0.717) is 19.0 Å². The number of aliphatic hydroxyl groups excluding tert-OH is 1. The first-order valence-corrected chi connectivity index (χ1v) is 9.52. The Hall–Kier alpha value is -2.62. The molecule has 0 radical (unpaired) electrons. The van der Waals surface area contributed by atoms with E-state index in [9.17, 15) is 14.7 Å². The highest BCUT2D eigenvalue weighted by molar-refractivity contribution is 6.12. The monoisotopic (exact) mass is 422 g/mol. The van der Waals surface area contributed by atoms with Gasteiger partial charge in [-0.2, -0.15) is 0 Å².